The Balaban J connectivity index is 1.89. The molecule has 0 atom stereocenters. The Morgan fingerprint density at radius 3 is 2.35 bits per heavy atom. The normalized spacial score (nSPS) is 10.9. The van der Waals surface area contributed by atoms with Gasteiger partial charge in [-0.2, -0.15) is 0 Å². The Kier molecular flexibility index (Phi) is 7.37. The molecule has 0 aromatic heterocycles. The van der Waals surface area contributed by atoms with Gasteiger partial charge in [0.25, 0.3) is 21.6 Å². The fraction of sp³-hybridized carbons (Fsp3) is 0.174. The van der Waals surface area contributed by atoms with Gasteiger partial charge >= 0.3 is 0 Å². The van der Waals surface area contributed by atoms with Crippen molar-refractivity contribution in [2.75, 3.05) is 23.8 Å². The molecular weight excluding hydrogens is 462 g/mol. The maximum Gasteiger partial charge on any atom is 0.273 e. The third kappa shape index (κ3) is 5.44. The van der Waals surface area contributed by atoms with E-state index in [1.54, 1.807) is 24.3 Å². The summed E-state index contributed by atoms with van der Waals surface area (Å²) in [6, 6.07) is 14.7. The molecule has 3 aromatic carbocycles. The number of amides is 1. The molecule has 1 amide bonds. The Morgan fingerprint density at radius 2 is 1.74 bits per heavy atom. The molecule has 0 fully saturated rings. The van der Waals surface area contributed by atoms with E-state index in [1.165, 1.54) is 50.4 Å². The molecule has 0 saturated heterocycles. The number of hydrogen-bond acceptors (Lipinski definition) is 7. The first-order valence-electron chi connectivity index (χ1n) is 10.2. The molecule has 0 radical (unpaired) electrons. The van der Waals surface area contributed by atoms with Crippen LogP contribution in [0.2, 0.25) is 0 Å². The van der Waals surface area contributed by atoms with Crippen molar-refractivity contribution < 1.29 is 27.6 Å². The summed E-state index contributed by atoms with van der Waals surface area (Å²) < 4.78 is 39.2. The molecule has 178 valence electrons. The van der Waals surface area contributed by atoms with Crippen molar-refractivity contribution in [1.82, 2.24) is 0 Å². The zero-order chi connectivity index (χ0) is 24.9. The molecule has 34 heavy (non-hydrogen) atoms. The Hall–Kier alpha value is -4.12. The lowest BCUT2D eigenvalue weighted by atomic mass is 10.1. The van der Waals surface area contributed by atoms with Crippen LogP contribution in [0.3, 0.4) is 0 Å². The van der Waals surface area contributed by atoms with Crippen LogP contribution in [0.15, 0.2) is 65.6 Å². The first-order valence-corrected chi connectivity index (χ1v) is 11.6. The highest BCUT2D eigenvalue weighted by atomic mass is 32.2. The lowest BCUT2D eigenvalue weighted by Crippen LogP contribution is -2.17. The average molecular weight is 486 g/mol. The number of nitrogens with zero attached hydrogens (tertiary/aromatic N) is 1. The van der Waals surface area contributed by atoms with E-state index < -0.39 is 20.9 Å². The van der Waals surface area contributed by atoms with Crippen molar-refractivity contribution in [3.8, 4) is 11.5 Å². The number of carbonyl (C=O) groups excluding carboxylic acids is 1. The number of methoxy groups -OCH3 is 1. The number of nitro groups is 1. The van der Waals surface area contributed by atoms with Crippen LogP contribution in [-0.4, -0.2) is 33.0 Å². The number of sulfonamides is 1. The maximum atomic E-state index is 13.1. The number of carbonyl (C=O) groups is 1. The average Bonchev–Trinajstić information content (AvgIpc) is 2.80. The molecule has 0 unspecified atom stereocenters. The summed E-state index contributed by atoms with van der Waals surface area (Å²) in [5.41, 5.74) is 0.589. The van der Waals surface area contributed by atoms with Crippen LogP contribution in [0.1, 0.15) is 22.8 Å². The predicted octanol–water partition coefficient (Wildman–Crippen LogP) is 4.36. The summed E-state index contributed by atoms with van der Waals surface area (Å²) in [7, 11) is -2.76. The summed E-state index contributed by atoms with van der Waals surface area (Å²) >= 11 is 0. The predicted molar refractivity (Wildman–Crippen MR) is 127 cm³/mol. The van der Waals surface area contributed by atoms with Crippen LogP contribution in [-0.2, 0) is 10.0 Å². The van der Waals surface area contributed by atoms with Crippen LogP contribution in [0.25, 0.3) is 0 Å². The minimum Gasteiger partial charge on any atom is -0.495 e. The highest BCUT2D eigenvalue weighted by Crippen LogP contribution is 2.30. The lowest BCUT2D eigenvalue weighted by molar-refractivity contribution is -0.385. The van der Waals surface area contributed by atoms with Gasteiger partial charge in [0.1, 0.15) is 16.4 Å². The quantitative estimate of drug-likeness (QED) is 0.339. The van der Waals surface area contributed by atoms with E-state index in [-0.39, 0.29) is 33.1 Å². The zero-order valence-corrected chi connectivity index (χ0v) is 19.5. The van der Waals surface area contributed by atoms with Gasteiger partial charge in [0, 0.05) is 28.6 Å². The fourth-order valence-corrected chi connectivity index (χ4v) is 4.48. The van der Waals surface area contributed by atoms with Crippen molar-refractivity contribution in [3.63, 3.8) is 0 Å². The Labute approximate surface area is 196 Å². The number of anilines is 2. The first-order chi connectivity index (χ1) is 16.2. The molecule has 0 spiro atoms. The van der Waals surface area contributed by atoms with Crippen molar-refractivity contribution >= 4 is 33.0 Å². The topological polar surface area (TPSA) is 137 Å². The van der Waals surface area contributed by atoms with Crippen LogP contribution < -0.4 is 19.5 Å². The number of hydrogen-bond donors (Lipinski definition) is 2. The van der Waals surface area contributed by atoms with E-state index in [4.69, 9.17) is 9.47 Å². The smallest absolute Gasteiger partial charge is 0.273 e. The molecular formula is C23H23N3O7S. The Bertz CT molecular complexity index is 1320. The standard InChI is InChI=1S/C23H23N3O7S/c1-4-33-18-11-8-16(9-12-18)25-34(30,31)22-14-17(10-13-21(22)32-3)24-23(27)19-6-5-7-20(15(19)2)26(28)29/h5-14,25H,4H2,1-3H3,(H,24,27). The molecule has 0 aliphatic heterocycles. The SMILES string of the molecule is CCOc1ccc(NS(=O)(=O)c2cc(NC(=O)c3cccc([N+](=O)[O-])c3C)ccc2OC)cc1. The van der Waals surface area contributed by atoms with Gasteiger partial charge in [-0.15, -0.1) is 0 Å². The van der Waals surface area contributed by atoms with E-state index >= 15 is 0 Å². The van der Waals surface area contributed by atoms with Crippen molar-refractivity contribution in [1.29, 1.82) is 0 Å². The van der Waals surface area contributed by atoms with Gasteiger partial charge in [-0.05, 0) is 62.4 Å². The summed E-state index contributed by atoms with van der Waals surface area (Å²) in [4.78, 5) is 23.2. The molecule has 0 aliphatic rings. The molecule has 11 heteroatoms. The van der Waals surface area contributed by atoms with Crippen LogP contribution in [0.4, 0.5) is 17.1 Å². The molecule has 0 aliphatic carbocycles. The molecule has 3 aromatic rings. The fourth-order valence-electron chi connectivity index (χ4n) is 3.23. The van der Waals surface area contributed by atoms with Gasteiger partial charge in [0.15, 0.2) is 0 Å². The van der Waals surface area contributed by atoms with E-state index in [1.807, 2.05) is 6.92 Å². The number of benzene rings is 3. The third-order valence-corrected chi connectivity index (χ3v) is 6.28. The highest BCUT2D eigenvalue weighted by Gasteiger charge is 2.22. The van der Waals surface area contributed by atoms with E-state index in [9.17, 15) is 23.3 Å². The second-order valence-corrected chi connectivity index (χ2v) is 8.74. The second kappa shape index (κ2) is 10.2. The highest BCUT2D eigenvalue weighted by molar-refractivity contribution is 7.92. The summed E-state index contributed by atoms with van der Waals surface area (Å²) in [6.07, 6.45) is 0. The molecule has 0 heterocycles. The maximum absolute atomic E-state index is 13.1. The minimum absolute atomic E-state index is 0.0722. The van der Waals surface area contributed by atoms with Gasteiger partial charge in [-0.25, -0.2) is 8.42 Å². The zero-order valence-electron chi connectivity index (χ0n) is 18.7. The summed E-state index contributed by atoms with van der Waals surface area (Å²) in [5, 5.41) is 13.7. The van der Waals surface area contributed by atoms with Gasteiger partial charge in [0.05, 0.1) is 18.6 Å². The Morgan fingerprint density at radius 1 is 1.06 bits per heavy atom. The van der Waals surface area contributed by atoms with Crippen LogP contribution in [0.5, 0.6) is 11.5 Å². The number of rotatable bonds is 9. The van der Waals surface area contributed by atoms with Gasteiger partial charge in [0.2, 0.25) is 0 Å². The lowest BCUT2D eigenvalue weighted by Gasteiger charge is -2.14. The molecule has 10 nitrogen and oxygen atoms in total. The monoisotopic (exact) mass is 485 g/mol. The van der Waals surface area contributed by atoms with Crippen molar-refractivity contribution in [3.05, 3.63) is 81.9 Å². The van der Waals surface area contributed by atoms with Crippen molar-refractivity contribution in [2.24, 2.45) is 0 Å². The minimum atomic E-state index is -4.09. The van der Waals surface area contributed by atoms with E-state index in [0.717, 1.165) is 0 Å². The van der Waals surface area contributed by atoms with E-state index in [0.29, 0.717) is 18.0 Å². The molecule has 0 bridgehead atoms. The van der Waals surface area contributed by atoms with Crippen LogP contribution in [0, 0.1) is 17.0 Å². The summed E-state index contributed by atoms with van der Waals surface area (Å²) in [6.45, 7) is 3.79. The molecule has 2 N–H and O–H groups in total. The molecule has 3 rings (SSSR count). The molecule has 0 saturated carbocycles. The van der Waals surface area contributed by atoms with Gasteiger partial charge < -0.3 is 14.8 Å². The number of nitro benzene ring substituents is 1. The first kappa shape index (κ1) is 24.5. The number of nitrogens with one attached hydrogen (secondary N) is 2. The summed E-state index contributed by atoms with van der Waals surface area (Å²) in [5.74, 6) is 0.0568. The second-order valence-electron chi connectivity index (χ2n) is 7.09. The van der Waals surface area contributed by atoms with E-state index in [2.05, 4.69) is 10.0 Å². The van der Waals surface area contributed by atoms with Gasteiger partial charge in [-0.1, -0.05) is 6.07 Å². The largest absolute Gasteiger partial charge is 0.495 e. The van der Waals surface area contributed by atoms with Crippen LogP contribution >= 0.6 is 0 Å². The van der Waals surface area contributed by atoms with Gasteiger partial charge in [-0.3, -0.25) is 19.6 Å². The number of ether oxygens (including phenoxy) is 2. The third-order valence-electron chi connectivity index (χ3n) is 4.88. The van der Waals surface area contributed by atoms with Crippen molar-refractivity contribution in [2.45, 2.75) is 18.7 Å².